The predicted octanol–water partition coefficient (Wildman–Crippen LogP) is 6.49. The third-order valence-corrected chi connectivity index (χ3v) is 7.67. The molecule has 220 valence electrons. The van der Waals surface area contributed by atoms with Gasteiger partial charge in [-0.15, -0.1) is 0 Å². The molecule has 3 atom stereocenters. The Hall–Kier alpha value is -3.62. The molecular formula is C32H39F3N4O2. The number of carbonyl (C=O) groups is 2. The number of hydrogen-bond acceptors (Lipinski definition) is 4. The third kappa shape index (κ3) is 7.99. The first-order valence-electron chi connectivity index (χ1n) is 14.1. The van der Waals surface area contributed by atoms with Crippen LogP contribution in [-0.4, -0.2) is 30.0 Å². The quantitative estimate of drug-likeness (QED) is 0.340. The Kier molecular flexibility index (Phi) is 8.94. The minimum absolute atomic E-state index is 0.0211. The van der Waals surface area contributed by atoms with Crippen LogP contribution < -0.4 is 16.4 Å². The number of rotatable bonds is 8. The van der Waals surface area contributed by atoms with E-state index >= 15 is 0 Å². The molecule has 0 radical (unpaired) electrons. The van der Waals surface area contributed by atoms with Gasteiger partial charge in [-0.05, 0) is 90.5 Å². The SMILES string of the molecule is Cc1ccc(/C=C\CCC2CC(=O)NC(N)=N2)cc1C(CC(C)(C)C)NC(=O)c1ccc2c(c1)CCC2C(F)(F)F. The molecule has 2 amide bonds. The van der Waals surface area contributed by atoms with Crippen LogP contribution in [0, 0.1) is 12.3 Å². The topological polar surface area (TPSA) is 96.6 Å². The monoisotopic (exact) mass is 568 g/mol. The van der Waals surface area contributed by atoms with Crippen molar-refractivity contribution in [3.63, 3.8) is 0 Å². The number of nitrogens with zero attached hydrogens (tertiary/aromatic N) is 1. The summed E-state index contributed by atoms with van der Waals surface area (Å²) in [5.41, 5.74) is 9.83. The molecule has 0 saturated carbocycles. The van der Waals surface area contributed by atoms with E-state index in [2.05, 4.69) is 42.5 Å². The number of nitrogens with one attached hydrogen (secondary N) is 2. The van der Waals surface area contributed by atoms with Crippen molar-refractivity contribution in [1.29, 1.82) is 0 Å². The molecule has 6 nitrogen and oxygen atoms in total. The zero-order valence-electron chi connectivity index (χ0n) is 24.1. The summed E-state index contributed by atoms with van der Waals surface area (Å²) in [7, 11) is 0. The smallest absolute Gasteiger partial charge is 0.370 e. The van der Waals surface area contributed by atoms with Crippen LogP contribution in [0.15, 0.2) is 47.5 Å². The second kappa shape index (κ2) is 12.1. The summed E-state index contributed by atoms with van der Waals surface area (Å²) in [4.78, 5) is 29.4. The Morgan fingerprint density at radius 1 is 1.20 bits per heavy atom. The van der Waals surface area contributed by atoms with Gasteiger partial charge in [-0.25, -0.2) is 4.99 Å². The molecule has 1 heterocycles. The minimum atomic E-state index is -4.28. The summed E-state index contributed by atoms with van der Waals surface area (Å²) in [6.07, 6.45) is 2.56. The number of amides is 2. The maximum Gasteiger partial charge on any atom is 0.395 e. The van der Waals surface area contributed by atoms with Gasteiger partial charge in [0.05, 0.1) is 18.0 Å². The number of nitrogens with two attached hydrogens (primary N) is 1. The van der Waals surface area contributed by atoms with E-state index in [0.717, 1.165) is 23.1 Å². The number of allylic oxidation sites excluding steroid dienone is 1. The second-order valence-electron chi connectivity index (χ2n) is 12.4. The highest BCUT2D eigenvalue weighted by atomic mass is 19.4. The summed E-state index contributed by atoms with van der Waals surface area (Å²) in [6.45, 7) is 8.34. The lowest BCUT2D eigenvalue weighted by molar-refractivity contribution is -0.149. The van der Waals surface area contributed by atoms with Crippen molar-refractivity contribution in [1.82, 2.24) is 10.6 Å². The van der Waals surface area contributed by atoms with Gasteiger partial charge >= 0.3 is 6.18 Å². The lowest BCUT2D eigenvalue weighted by atomic mass is 9.83. The normalized spacial score (nSPS) is 20.0. The molecule has 4 rings (SSSR count). The van der Waals surface area contributed by atoms with E-state index in [1.54, 1.807) is 6.07 Å². The average molecular weight is 569 g/mol. The van der Waals surface area contributed by atoms with Crippen LogP contribution in [0.3, 0.4) is 0 Å². The Labute approximate surface area is 239 Å². The number of aryl methyl sites for hydroxylation is 2. The molecular weight excluding hydrogens is 529 g/mol. The van der Waals surface area contributed by atoms with Crippen LogP contribution in [0.1, 0.15) is 103 Å². The van der Waals surface area contributed by atoms with Gasteiger partial charge in [0.1, 0.15) is 0 Å². The molecule has 0 saturated heterocycles. The van der Waals surface area contributed by atoms with Crippen LogP contribution in [-0.2, 0) is 11.2 Å². The number of halogens is 3. The van der Waals surface area contributed by atoms with Crippen LogP contribution in [0.25, 0.3) is 6.08 Å². The molecule has 2 aromatic carbocycles. The fourth-order valence-corrected chi connectivity index (χ4v) is 5.69. The number of guanidine groups is 1. The van der Waals surface area contributed by atoms with Gasteiger partial charge in [0.2, 0.25) is 5.91 Å². The number of hydrogen-bond donors (Lipinski definition) is 3. The molecule has 3 unspecified atom stereocenters. The molecule has 0 aromatic heterocycles. The van der Waals surface area contributed by atoms with E-state index in [9.17, 15) is 22.8 Å². The van der Waals surface area contributed by atoms with Crippen molar-refractivity contribution in [2.45, 2.75) is 90.4 Å². The Morgan fingerprint density at radius 2 is 1.95 bits per heavy atom. The van der Waals surface area contributed by atoms with Crippen molar-refractivity contribution in [3.05, 3.63) is 75.9 Å². The Morgan fingerprint density at radius 3 is 2.63 bits per heavy atom. The molecule has 1 aliphatic heterocycles. The molecule has 0 fully saturated rings. The second-order valence-corrected chi connectivity index (χ2v) is 12.4. The molecule has 1 aliphatic carbocycles. The molecule has 0 bridgehead atoms. The number of aliphatic imine (C=N–C) groups is 1. The largest absolute Gasteiger partial charge is 0.395 e. The number of alkyl halides is 3. The third-order valence-electron chi connectivity index (χ3n) is 7.67. The molecule has 0 spiro atoms. The van der Waals surface area contributed by atoms with Crippen LogP contribution in [0.4, 0.5) is 13.2 Å². The highest BCUT2D eigenvalue weighted by Gasteiger charge is 2.44. The lowest BCUT2D eigenvalue weighted by Gasteiger charge is -2.29. The summed E-state index contributed by atoms with van der Waals surface area (Å²) >= 11 is 0. The van der Waals surface area contributed by atoms with Crippen molar-refractivity contribution in [2.75, 3.05) is 0 Å². The predicted molar refractivity (Wildman–Crippen MR) is 155 cm³/mol. The van der Waals surface area contributed by atoms with E-state index in [1.165, 1.54) is 12.1 Å². The molecule has 9 heteroatoms. The molecule has 2 aromatic rings. The van der Waals surface area contributed by atoms with Gasteiger partial charge in [-0.2, -0.15) is 13.2 Å². The molecule has 41 heavy (non-hydrogen) atoms. The lowest BCUT2D eigenvalue weighted by Crippen LogP contribution is -2.43. The van der Waals surface area contributed by atoms with Crippen molar-refractivity contribution in [3.8, 4) is 0 Å². The standard InChI is InChI=1S/C32H39F3N4O2/c1-19-9-10-20(7-5-6-8-23-17-28(40)39-30(36)37-23)15-25(19)27(18-31(2,3)4)38-29(41)22-11-13-24-21(16-22)12-14-26(24)32(33,34)35/h5,7,9-11,13,15-16,23,26-27H,6,8,12,14,17-18H2,1-4H3,(H,38,41)(H3,36,37,39,40)/b7-5-. The number of benzene rings is 2. The molecule has 4 N–H and O–H groups in total. The van der Waals surface area contributed by atoms with Gasteiger partial charge in [-0.3, -0.25) is 14.9 Å². The van der Waals surface area contributed by atoms with Gasteiger partial charge in [0.25, 0.3) is 5.91 Å². The first-order chi connectivity index (χ1) is 19.2. The van der Waals surface area contributed by atoms with E-state index in [1.807, 2.05) is 31.2 Å². The van der Waals surface area contributed by atoms with Crippen LogP contribution in [0.5, 0.6) is 0 Å². The number of fused-ring (bicyclic) bond motifs is 1. The van der Waals surface area contributed by atoms with Crippen LogP contribution in [0.2, 0.25) is 0 Å². The summed E-state index contributed by atoms with van der Waals surface area (Å²) in [5.74, 6) is -1.72. The van der Waals surface area contributed by atoms with Crippen molar-refractivity contribution < 1.29 is 22.8 Å². The Balaban J connectivity index is 1.50. The maximum atomic E-state index is 13.4. The zero-order valence-corrected chi connectivity index (χ0v) is 24.1. The van der Waals surface area contributed by atoms with Gasteiger partial charge in [0.15, 0.2) is 5.96 Å². The van der Waals surface area contributed by atoms with Crippen molar-refractivity contribution >= 4 is 23.8 Å². The summed E-state index contributed by atoms with van der Waals surface area (Å²) < 4.78 is 40.2. The van der Waals surface area contributed by atoms with E-state index in [0.29, 0.717) is 36.8 Å². The van der Waals surface area contributed by atoms with E-state index < -0.39 is 12.1 Å². The first kappa shape index (κ1) is 30.3. The summed E-state index contributed by atoms with van der Waals surface area (Å²) in [5, 5.41) is 5.68. The average Bonchev–Trinajstić information content (AvgIpc) is 3.30. The van der Waals surface area contributed by atoms with Crippen LogP contribution >= 0.6 is 0 Å². The highest BCUT2D eigenvalue weighted by Crippen LogP contribution is 2.44. The summed E-state index contributed by atoms with van der Waals surface area (Å²) in [6, 6.07) is 10.3. The molecule has 2 aliphatic rings. The van der Waals surface area contributed by atoms with Crippen molar-refractivity contribution in [2.24, 2.45) is 16.1 Å². The van der Waals surface area contributed by atoms with Gasteiger partial charge < -0.3 is 11.1 Å². The van der Waals surface area contributed by atoms with Gasteiger partial charge in [-0.1, -0.05) is 51.1 Å². The minimum Gasteiger partial charge on any atom is -0.370 e. The fourth-order valence-electron chi connectivity index (χ4n) is 5.69. The van der Waals surface area contributed by atoms with E-state index in [-0.39, 0.29) is 47.3 Å². The Bertz CT molecular complexity index is 1360. The highest BCUT2D eigenvalue weighted by molar-refractivity contribution is 5.98. The number of carbonyl (C=O) groups excluding carboxylic acids is 2. The van der Waals surface area contributed by atoms with Gasteiger partial charge in [0, 0.05) is 12.0 Å². The maximum absolute atomic E-state index is 13.4. The zero-order chi connectivity index (χ0) is 29.9. The van der Waals surface area contributed by atoms with E-state index in [4.69, 9.17) is 5.73 Å². The fraction of sp³-hybridized carbons (Fsp3) is 0.469. The first-order valence-corrected chi connectivity index (χ1v) is 14.1.